The Hall–Kier alpha value is 2.85. The molecule has 0 aromatic rings. The van der Waals surface area contributed by atoms with E-state index in [2.05, 4.69) is 67.1 Å². The van der Waals surface area contributed by atoms with Gasteiger partial charge in [-0.15, -0.1) is 67.1 Å². The molecule has 0 N–H and O–H groups in total. The van der Waals surface area contributed by atoms with Crippen LogP contribution in [0.5, 0.6) is 0 Å². The van der Waals surface area contributed by atoms with Crippen molar-refractivity contribution >= 4 is 86.3 Å². The molecule has 0 fully saturated rings. The maximum absolute atomic E-state index is 2.32. The van der Waals surface area contributed by atoms with Crippen LogP contribution in [0.2, 0.25) is 0 Å². The van der Waals surface area contributed by atoms with E-state index >= 15 is 0 Å². The molecule has 0 unspecified atom stereocenters. The van der Waals surface area contributed by atoms with Gasteiger partial charge in [-0.1, -0.05) is 0 Å². The van der Waals surface area contributed by atoms with Crippen LogP contribution in [0.4, 0.5) is 0 Å². The van der Waals surface area contributed by atoms with Crippen molar-refractivity contribution in [2.75, 3.05) is 0 Å². The summed E-state index contributed by atoms with van der Waals surface area (Å²) in [6, 6.07) is 0. The Labute approximate surface area is 84.5 Å². The van der Waals surface area contributed by atoms with E-state index in [1.807, 2.05) is 0 Å². The van der Waals surface area contributed by atoms with Gasteiger partial charge in [0, 0.05) is 18.9 Å². The third-order valence-corrected chi connectivity index (χ3v) is 0. The zero-order valence-corrected chi connectivity index (χ0v) is 9.18. The van der Waals surface area contributed by atoms with Crippen LogP contribution >= 0.6 is 67.1 Å². The second-order valence-electron chi connectivity index (χ2n) is 0.247. The first kappa shape index (κ1) is 10.8. The standard InChI is InChI=1S/BI3.Li/c2-1(3)4;. The molecule has 5 heteroatoms. The van der Waals surface area contributed by atoms with Crippen LogP contribution in [0.15, 0.2) is 0 Å². The van der Waals surface area contributed by atoms with Crippen molar-refractivity contribution in [3.05, 3.63) is 0 Å². The summed E-state index contributed by atoms with van der Waals surface area (Å²) in [5, 5.41) is 0. The number of halogens is 3. The first-order chi connectivity index (χ1) is 1.73. The maximum atomic E-state index is 2.32. The van der Waals surface area contributed by atoms with E-state index in [1.165, 1.54) is 0 Å². The van der Waals surface area contributed by atoms with Gasteiger partial charge in [0.2, 0.25) is 0 Å². The Morgan fingerprint density at radius 3 is 1.00 bits per heavy atom. The van der Waals surface area contributed by atoms with Crippen molar-refractivity contribution in [3.63, 3.8) is 0 Å². The smallest absolute Gasteiger partial charge is 0.118 e. The Balaban J connectivity index is 0. The molecule has 0 aromatic heterocycles. The molecule has 0 amide bonds. The Morgan fingerprint density at radius 2 is 1.00 bits per heavy atom. The van der Waals surface area contributed by atoms with Gasteiger partial charge in [-0.25, -0.2) is 0 Å². The first-order valence-corrected chi connectivity index (χ1v) is 4.39. The fraction of sp³-hybridized carbons (Fsp3) is 0. The van der Waals surface area contributed by atoms with Crippen molar-refractivity contribution in [1.82, 2.24) is 0 Å². The van der Waals surface area contributed by atoms with Crippen LogP contribution in [-0.2, 0) is 0 Å². The molecule has 25 valence electrons. The minimum atomic E-state index is 0. The molecule has 0 nitrogen and oxygen atoms in total. The predicted octanol–water partition coefficient (Wildman–Crippen LogP) is 1.90. The van der Waals surface area contributed by atoms with Crippen molar-refractivity contribution in [2.45, 2.75) is 0 Å². The van der Waals surface area contributed by atoms with Gasteiger partial charge in [0.05, 0.1) is 0 Å². The topological polar surface area (TPSA) is 0 Å². The van der Waals surface area contributed by atoms with E-state index < -0.39 is 0 Å². The molecule has 0 heterocycles. The third kappa shape index (κ3) is 19.8. The van der Waals surface area contributed by atoms with Crippen molar-refractivity contribution in [1.29, 1.82) is 0 Å². The average molecular weight is 398 g/mol. The SMILES string of the molecule is IB(I)I.[Li]. The van der Waals surface area contributed by atoms with Crippen LogP contribution in [-0.4, -0.2) is 19.1 Å². The number of hydrogen-bond acceptors (Lipinski definition) is 0. The van der Waals surface area contributed by atoms with Gasteiger partial charge in [0.1, 0.15) is 0 Å². The van der Waals surface area contributed by atoms with Gasteiger partial charge in [-0.05, 0) is 0 Å². The van der Waals surface area contributed by atoms with Gasteiger partial charge >= 0.3 is 0.282 Å². The monoisotopic (exact) mass is 399 g/mol. The zero-order chi connectivity index (χ0) is 3.58. The van der Waals surface area contributed by atoms with E-state index in [-0.39, 0.29) is 18.9 Å². The molecular formula is BI3Li. The van der Waals surface area contributed by atoms with Gasteiger partial charge in [0.15, 0.2) is 0 Å². The Morgan fingerprint density at radius 1 is 1.00 bits per heavy atom. The number of rotatable bonds is 0. The molecule has 0 atom stereocenters. The minimum Gasteiger partial charge on any atom is -0.118 e. The third-order valence-electron chi connectivity index (χ3n) is 0. The Kier molecular flexibility index (Phi) is 14.8. The molecule has 0 rings (SSSR count). The molecule has 1 radical (unpaired) electrons. The minimum absolute atomic E-state index is 0. The molecule has 0 aliphatic rings. The average Bonchev–Trinajstić information content (AvgIpc) is 0.811. The normalized spacial score (nSPS) is 5.40. The van der Waals surface area contributed by atoms with Crippen LogP contribution in [0.3, 0.4) is 0 Å². The first-order valence-electron chi connectivity index (χ1n) is 0.655. The van der Waals surface area contributed by atoms with Crippen molar-refractivity contribution in [2.24, 2.45) is 0 Å². The fourth-order valence-corrected chi connectivity index (χ4v) is 0. The summed E-state index contributed by atoms with van der Waals surface area (Å²) in [5.41, 5.74) is 0. The van der Waals surface area contributed by atoms with Crippen molar-refractivity contribution < 1.29 is 0 Å². The van der Waals surface area contributed by atoms with E-state index in [1.54, 1.807) is 0 Å². The van der Waals surface area contributed by atoms with Crippen LogP contribution < -0.4 is 0 Å². The molecular weight excluding hydrogens is 398 g/mol. The quantitative estimate of drug-likeness (QED) is 0.432. The van der Waals surface area contributed by atoms with Crippen LogP contribution in [0.1, 0.15) is 0 Å². The summed E-state index contributed by atoms with van der Waals surface area (Å²) in [5.74, 6) is 0. The fourth-order valence-electron chi connectivity index (χ4n) is 0. The summed E-state index contributed by atoms with van der Waals surface area (Å²) in [4.78, 5) is 0. The van der Waals surface area contributed by atoms with E-state index in [4.69, 9.17) is 0 Å². The zero-order valence-electron chi connectivity index (χ0n) is 2.71. The molecule has 0 spiro atoms. The van der Waals surface area contributed by atoms with E-state index in [9.17, 15) is 0 Å². The van der Waals surface area contributed by atoms with Crippen LogP contribution in [0, 0.1) is 0 Å². The molecule has 0 aliphatic heterocycles. The second-order valence-corrected chi connectivity index (χ2v) is 11.1. The number of hydrogen-bond donors (Lipinski definition) is 0. The second kappa shape index (κ2) is 6.85. The van der Waals surface area contributed by atoms with Gasteiger partial charge in [0.25, 0.3) is 0 Å². The van der Waals surface area contributed by atoms with Gasteiger partial charge in [-0.3, -0.25) is 0 Å². The Bertz CT molecular complexity index is 11.6. The molecule has 0 aliphatic carbocycles. The maximum Gasteiger partial charge on any atom is 0.355 e. The molecule has 0 bridgehead atoms. The van der Waals surface area contributed by atoms with E-state index in [0.29, 0.717) is 0 Å². The largest absolute Gasteiger partial charge is 0.355 e. The van der Waals surface area contributed by atoms with Crippen LogP contribution in [0.25, 0.3) is 0 Å². The molecule has 0 saturated carbocycles. The summed E-state index contributed by atoms with van der Waals surface area (Å²) in [6.45, 7) is 0. The molecule has 0 saturated heterocycles. The molecule has 5 heavy (non-hydrogen) atoms. The van der Waals surface area contributed by atoms with Gasteiger partial charge < -0.3 is 0 Å². The summed E-state index contributed by atoms with van der Waals surface area (Å²) in [7, 11) is 0. The van der Waals surface area contributed by atoms with Gasteiger partial charge in [-0.2, -0.15) is 0 Å². The van der Waals surface area contributed by atoms with Crippen molar-refractivity contribution in [3.8, 4) is 0 Å². The summed E-state index contributed by atoms with van der Waals surface area (Å²) < 4.78 is 0.743. The van der Waals surface area contributed by atoms with E-state index in [0.717, 1.165) is 0.282 Å². The predicted molar refractivity (Wildman–Crippen MR) is 53.6 cm³/mol. The summed E-state index contributed by atoms with van der Waals surface area (Å²) >= 11 is 6.95. The summed E-state index contributed by atoms with van der Waals surface area (Å²) in [6.07, 6.45) is 0. The molecule has 0 aromatic carbocycles.